The minimum atomic E-state index is -0.257. The summed E-state index contributed by atoms with van der Waals surface area (Å²) in [5.74, 6) is 5.39. The molecule has 0 bridgehead atoms. The van der Waals surface area contributed by atoms with Crippen LogP contribution in [0.4, 0.5) is 4.79 Å². The summed E-state index contributed by atoms with van der Waals surface area (Å²) in [5.41, 5.74) is 0. The quantitative estimate of drug-likeness (QED) is 0.478. The summed E-state index contributed by atoms with van der Waals surface area (Å²) in [6.45, 7) is 1.31. The molecular formula is C9H16N4O2. The average Bonchev–Trinajstić information content (AvgIpc) is 2.97. The second-order valence-corrected chi connectivity index (χ2v) is 4.09. The molecule has 0 aromatic rings. The first kappa shape index (κ1) is 10.2. The van der Waals surface area contributed by atoms with Crippen molar-refractivity contribution in [3.8, 4) is 0 Å². The third-order valence-corrected chi connectivity index (χ3v) is 2.62. The van der Waals surface area contributed by atoms with Crippen molar-refractivity contribution in [3.63, 3.8) is 0 Å². The lowest BCUT2D eigenvalue weighted by Gasteiger charge is -2.32. The van der Waals surface area contributed by atoms with Gasteiger partial charge in [-0.1, -0.05) is 0 Å². The molecule has 6 heteroatoms. The third-order valence-electron chi connectivity index (χ3n) is 2.62. The first-order valence-corrected chi connectivity index (χ1v) is 5.27. The van der Waals surface area contributed by atoms with E-state index >= 15 is 0 Å². The minimum Gasteiger partial charge on any atom is -0.352 e. The Balaban J connectivity index is 1.81. The van der Waals surface area contributed by atoms with Crippen LogP contribution in [0.25, 0.3) is 0 Å². The van der Waals surface area contributed by atoms with Crippen molar-refractivity contribution in [2.45, 2.75) is 25.3 Å². The van der Waals surface area contributed by atoms with E-state index in [0.29, 0.717) is 19.1 Å². The largest absolute Gasteiger partial charge is 0.352 e. The Hall–Kier alpha value is -1.30. The maximum atomic E-state index is 11.5. The number of nitrogens with one attached hydrogen (secondary N) is 1. The standard InChI is InChI=1S/C9H16N4O2/c10-13-5-1-4-12(9(13)15)6-8(14)11-7-2-3-7/h7H,1-6,10H2,(H,11,14). The van der Waals surface area contributed by atoms with Crippen molar-refractivity contribution in [1.29, 1.82) is 0 Å². The Morgan fingerprint density at radius 3 is 2.87 bits per heavy atom. The van der Waals surface area contributed by atoms with Crippen molar-refractivity contribution in [1.82, 2.24) is 15.2 Å². The molecule has 0 radical (unpaired) electrons. The predicted molar refractivity (Wildman–Crippen MR) is 53.6 cm³/mol. The molecule has 1 heterocycles. The molecule has 2 aliphatic rings. The van der Waals surface area contributed by atoms with Crippen molar-refractivity contribution in [3.05, 3.63) is 0 Å². The van der Waals surface area contributed by atoms with E-state index in [1.54, 1.807) is 0 Å². The Morgan fingerprint density at radius 2 is 2.20 bits per heavy atom. The van der Waals surface area contributed by atoms with Crippen LogP contribution in [0, 0.1) is 0 Å². The molecule has 0 aromatic carbocycles. The van der Waals surface area contributed by atoms with Gasteiger partial charge in [0.2, 0.25) is 5.91 Å². The average molecular weight is 212 g/mol. The highest BCUT2D eigenvalue weighted by Gasteiger charge is 2.28. The summed E-state index contributed by atoms with van der Waals surface area (Å²) >= 11 is 0. The summed E-state index contributed by atoms with van der Waals surface area (Å²) in [7, 11) is 0. The summed E-state index contributed by atoms with van der Waals surface area (Å²) in [6.07, 6.45) is 2.93. The van der Waals surface area contributed by atoms with Crippen LogP contribution in [0.3, 0.4) is 0 Å². The summed E-state index contributed by atoms with van der Waals surface area (Å²) in [4.78, 5) is 24.4. The monoisotopic (exact) mass is 212 g/mol. The van der Waals surface area contributed by atoms with Crippen molar-refractivity contribution >= 4 is 11.9 Å². The van der Waals surface area contributed by atoms with E-state index < -0.39 is 0 Å². The summed E-state index contributed by atoms with van der Waals surface area (Å²) < 4.78 is 0. The zero-order chi connectivity index (χ0) is 10.8. The van der Waals surface area contributed by atoms with Crippen LogP contribution in [-0.2, 0) is 4.79 Å². The molecular weight excluding hydrogens is 196 g/mol. The molecule has 6 nitrogen and oxygen atoms in total. The highest BCUT2D eigenvalue weighted by atomic mass is 16.2. The lowest BCUT2D eigenvalue weighted by molar-refractivity contribution is -0.122. The van der Waals surface area contributed by atoms with E-state index in [0.717, 1.165) is 24.3 Å². The van der Waals surface area contributed by atoms with E-state index in [9.17, 15) is 9.59 Å². The number of carbonyl (C=O) groups excluding carboxylic acids is 2. The number of urea groups is 1. The zero-order valence-electron chi connectivity index (χ0n) is 8.61. The topological polar surface area (TPSA) is 78.7 Å². The molecule has 1 aliphatic carbocycles. The first-order chi connectivity index (χ1) is 7.16. The Bertz CT molecular complexity index is 277. The van der Waals surface area contributed by atoms with Gasteiger partial charge in [-0.25, -0.2) is 10.6 Å². The number of nitrogens with zero attached hydrogens (tertiary/aromatic N) is 2. The lowest BCUT2D eigenvalue weighted by Crippen LogP contribution is -2.54. The number of carbonyl (C=O) groups is 2. The highest BCUT2D eigenvalue weighted by molar-refractivity contribution is 5.84. The van der Waals surface area contributed by atoms with Gasteiger partial charge in [0.25, 0.3) is 0 Å². The van der Waals surface area contributed by atoms with Gasteiger partial charge in [0.05, 0.1) is 0 Å². The predicted octanol–water partition coefficient (Wildman–Crippen LogP) is -0.734. The van der Waals surface area contributed by atoms with Gasteiger partial charge in [-0.2, -0.15) is 0 Å². The van der Waals surface area contributed by atoms with Crippen molar-refractivity contribution in [2.75, 3.05) is 19.6 Å². The molecule has 3 N–H and O–H groups in total. The fraction of sp³-hybridized carbons (Fsp3) is 0.778. The second-order valence-electron chi connectivity index (χ2n) is 4.09. The van der Waals surface area contributed by atoms with Crippen LogP contribution >= 0.6 is 0 Å². The number of hydrazine groups is 1. The molecule has 0 atom stereocenters. The van der Waals surface area contributed by atoms with Gasteiger partial charge in [0.15, 0.2) is 0 Å². The molecule has 0 aromatic heterocycles. The van der Waals surface area contributed by atoms with Crippen LogP contribution in [0.5, 0.6) is 0 Å². The molecule has 1 aliphatic heterocycles. The SMILES string of the molecule is NN1CCCN(CC(=O)NC2CC2)C1=O. The highest BCUT2D eigenvalue weighted by Crippen LogP contribution is 2.18. The van der Waals surface area contributed by atoms with Crippen molar-refractivity contribution in [2.24, 2.45) is 5.84 Å². The number of hydrogen-bond donors (Lipinski definition) is 2. The molecule has 15 heavy (non-hydrogen) atoms. The summed E-state index contributed by atoms with van der Waals surface area (Å²) in [6, 6.07) is 0.0820. The van der Waals surface area contributed by atoms with Gasteiger partial charge >= 0.3 is 6.03 Å². The van der Waals surface area contributed by atoms with Gasteiger partial charge < -0.3 is 10.2 Å². The fourth-order valence-electron chi connectivity index (χ4n) is 1.63. The fourth-order valence-corrected chi connectivity index (χ4v) is 1.63. The molecule has 2 fully saturated rings. The maximum Gasteiger partial charge on any atom is 0.334 e. The van der Waals surface area contributed by atoms with Crippen molar-refractivity contribution < 1.29 is 9.59 Å². The Labute approximate surface area is 88.3 Å². The molecule has 1 saturated heterocycles. The number of nitrogens with two attached hydrogens (primary N) is 1. The van der Waals surface area contributed by atoms with Crippen LogP contribution in [0.15, 0.2) is 0 Å². The number of hydrogen-bond acceptors (Lipinski definition) is 3. The van der Waals surface area contributed by atoms with Crippen LogP contribution < -0.4 is 11.2 Å². The number of amides is 3. The van der Waals surface area contributed by atoms with Gasteiger partial charge in [0.1, 0.15) is 6.54 Å². The Morgan fingerprint density at radius 1 is 1.47 bits per heavy atom. The van der Waals surface area contributed by atoms with E-state index in [1.807, 2.05) is 0 Å². The van der Waals surface area contributed by atoms with Crippen LogP contribution in [-0.4, -0.2) is 47.5 Å². The second kappa shape index (κ2) is 4.06. The normalized spacial score (nSPS) is 21.8. The van der Waals surface area contributed by atoms with Gasteiger partial charge in [-0.3, -0.25) is 9.80 Å². The lowest BCUT2D eigenvalue weighted by atomic mass is 10.3. The van der Waals surface area contributed by atoms with E-state index in [1.165, 1.54) is 4.90 Å². The molecule has 3 amide bonds. The van der Waals surface area contributed by atoms with Crippen LogP contribution in [0.2, 0.25) is 0 Å². The molecule has 84 valence electrons. The maximum absolute atomic E-state index is 11.5. The Kier molecular flexibility index (Phi) is 2.77. The molecule has 2 rings (SSSR count). The van der Waals surface area contributed by atoms with Gasteiger partial charge in [-0.05, 0) is 19.3 Å². The van der Waals surface area contributed by atoms with Gasteiger partial charge in [-0.15, -0.1) is 0 Å². The first-order valence-electron chi connectivity index (χ1n) is 5.27. The van der Waals surface area contributed by atoms with E-state index in [2.05, 4.69) is 5.32 Å². The third kappa shape index (κ3) is 2.59. The summed E-state index contributed by atoms with van der Waals surface area (Å²) in [5, 5.41) is 4.00. The van der Waals surface area contributed by atoms with Gasteiger partial charge in [0, 0.05) is 19.1 Å². The molecule has 0 spiro atoms. The smallest absolute Gasteiger partial charge is 0.334 e. The van der Waals surface area contributed by atoms with E-state index in [4.69, 9.17) is 5.84 Å². The van der Waals surface area contributed by atoms with Crippen LogP contribution in [0.1, 0.15) is 19.3 Å². The molecule has 1 saturated carbocycles. The number of rotatable bonds is 3. The molecule has 0 unspecified atom stereocenters. The minimum absolute atomic E-state index is 0.0823. The van der Waals surface area contributed by atoms with E-state index in [-0.39, 0.29) is 18.5 Å². The zero-order valence-corrected chi connectivity index (χ0v) is 8.61.